The highest BCUT2D eigenvalue weighted by atomic mass is 32.2. The number of aromatic nitrogens is 2. The highest BCUT2D eigenvalue weighted by Gasteiger charge is 2.14. The second-order valence-electron chi connectivity index (χ2n) is 7.85. The molecule has 4 rings (SSSR count). The molecule has 0 atom stereocenters. The number of hydrogen-bond donors (Lipinski definition) is 2. The van der Waals surface area contributed by atoms with E-state index in [-0.39, 0.29) is 0 Å². The molecule has 9 heteroatoms. The van der Waals surface area contributed by atoms with Gasteiger partial charge in [-0.1, -0.05) is 29.8 Å². The van der Waals surface area contributed by atoms with Crippen molar-refractivity contribution in [2.75, 3.05) is 41.2 Å². The third kappa shape index (κ3) is 6.53. The molecule has 172 valence electrons. The van der Waals surface area contributed by atoms with Crippen molar-refractivity contribution in [1.29, 1.82) is 0 Å². The van der Waals surface area contributed by atoms with E-state index in [1.165, 1.54) is 0 Å². The highest BCUT2D eigenvalue weighted by molar-refractivity contribution is 7.95. The number of nitrogens with zero attached hydrogens (tertiary/aromatic N) is 3. The summed E-state index contributed by atoms with van der Waals surface area (Å²) >= 11 is 0. The first-order valence-electron chi connectivity index (χ1n) is 10.7. The van der Waals surface area contributed by atoms with Gasteiger partial charge in [0.2, 0.25) is 5.95 Å². The number of morpholine rings is 1. The number of hydrogen-bond acceptors (Lipinski definition) is 7. The summed E-state index contributed by atoms with van der Waals surface area (Å²) in [4.78, 5) is 11.3. The van der Waals surface area contributed by atoms with Crippen molar-refractivity contribution >= 4 is 39.2 Å². The largest absolute Gasteiger partial charge is 0.378 e. The lowest BCUT2D eigenvalue weighted by Gasteiger charge is -2.28. The van der Waals surface area contributed by atoms with Crippen LogP contribution in [0.15, 0.2) is 60.0 Å². The summed E-state index contributed by atoms with van der Waals surface area (Å²) in [5, 5.41) is 4.36. The van der Waals surface area contributed by atoms with Crippen LogP contribution >= 0.6 is 0 Å². The van der Waals surface area contributed by atoms with E-state index in [0.29, 0.717) is 24.8 Å². The van der Waals surface area contributed by atoms with Gasteiger partial charge in [-0.25, -0.2) is 13.4 Å². The number of aryl methyl sites for hydroxylation is 2. The number of anilines is 4. The van der Waals surface area contributed by atoms with E-state index < -0.39 is 10.0 Å². The Hall–Kier alpha value is -3.43. The third-order valence-corrected chi connectivity index (χ3v) is 6.11. The van der Waals surface area contributed by atoms with Crippen LogP contribution in [-0.4, -0.2) is 44.7 Å². The van der Waals surface area contributed by atoms with Crippen molar-refractivity contribution < 1.29 is 13.2 Å². The molecule has 1 aliphatic heterocycles. The summed E-state index contributed by atoms with van der Waals surface area (Å²) in [5.41, 5.74) is 4.02. The lowest BCUT2D eigenvalue weighted by Crippen LogP contribution is -2.36. The Morgan fingerprint density at radius 1 is 0.939 bits per heavy atom. The first kappa shape index (κ1) is 22.8. The Morgan fingerprint density at radius 2 is 1.61 bits per heavy atom. The van der Waals surface area contributed by atoms with Crippen LogP contribution in [0.25, 0.3) is 6.08 Å². The molecule has 0 saturated carbocycles. The Kier molecular flexibility index (Phi) is 6.90. The smallest absolute Gasteiger partial charge is 0.255 e. The Bertz CT molecular complexity index is 1220. The van der Waals surface area contributed by atoms with E-state index in [1.807, 2.05) is 44.2 Å². The molecular formula is C24H27N5O3S. The third-order valence-electron chi connectivity index (χ3n) is 5.09. The summed E-state index contributed by atoms with van der Waals surface area (Å²) in [5.74, 6) is 1.35. The normalized spacial score (nSPS) is 14.4. The first-order chi connectivity index (χ1) is 15.9. The average molecular weight is 466 g/mol. The number of sulfonamides is 1. The second kappa shape index (κ2) is 10.0. The van der Waals surface area contributed by atoms with Crippen LogP contribution in [0.3, 0.4) is 0 Å². The molecular weight excluding hydrogens is 438 g/mol. The van der Waals surface area contributed by atoms with Gasteiger partial charge in [-0.05, 0) is 49.8 Å². The van der Waals surface area contributed by atoms with Crippen LogP contribution in [0.1, 0.15) is 16.8 Å². The number of nitrogens with one attached hydrogen (secondary N) is 2. The molecule has 2 heterocycles. The van der Waals surface area contributed by atoms with Gasteiger partial charge in [-0.3, -0.25) is 4.72 Å². The van der Waals surface area contributed by atoms with E-state index in [1.54, 1.807) is 30.3 Å². The van der Waals surface area contributed by atoms with Crippen molar-refractivity contribution in [2.45, 2.75) is 13.8 Å². The molecule has 2 aromatic carbocycles. The molecule has 1 saturated heterocycles. The van der Waals surface area contributed by atoms with Crippen molar-refractivity contribution in [3.8, 4) is 0 Å². The molecule has 1 aromatic heterocycles. The first-order valence-corrected chi connectivity index (χ1v) is 12.2. The summed E-state index contributed by atoms with van der Waals surface area (Å²) in [6, 6.07) is 16.5. The summed E-state index contributed by atoms with van der Waals surface area (Å²) < 4.78 is 32.8. The minimum Gasteiger partial charge on any atom is -0.378 e. The standard InChI is InChI=1S/C24H27N5O3S/c1-18-3-5-20(6-4-18)11-16-33(30,31)28-22-9-7-21(8-10-22)26-24-25-19(2)17-23(27-24)29-12-14-32-15-13-29/h3-11,16-17,28H,12-15H2,1-2H3,(H,25,26,27)/b16-11+. The SMILES string of the molecule is Cc1ccc(/C=C/S(=O)(=O)Nc2ccc(Nc3nc(C)cc(N4CCOCC4)n3)cc2)cc1. The summed E-state index contributed by atoms with van der Waals surface area (Å²) in [6.07, 6.45) is 1.57. The van der Waals surface area contributed by atoms with Gasteiger partial charge in [-0.15, -0.1) is 0 Å². The zero-order chi connectivity index (χ0) is 23.3. The van der Waals surface area contributed by atoms with Crippen LogP contribution in [-0.2, 0) is 14.8 Å². The molecule has 0 unspecified atom stereocenters. The van der Waals surface area contributed by atoms with Crippen LogP contribution in [0, 0.1) is 13.8 Å². The number of rotatable bonds is 7. The summed E-state index contributed by atoms with van der Waals surface area (Å²) in [7, 11) is -3.63. The molecule has 0 aliphatic carbocycles. The fourth-order valence-corrected chi connectivity index (χ4v) is 4.23. The fraction of sp³-hybridized carbons (Fsp3) is 0.250. The molecule has 1 aliphatic rings. The van der Waals surface area contributed by atoms with Gasteiger partial charge in [0.1, 0.15) is 5.82 Å². The average Bonchev–Trinajstić information content (AvgIpc) is 2.80. The molecule has 8 nitrogen and oxygen atoms in total. The van der Waals surface area contributed by atoms with Crippen LogP contribution in [0.2, 0.25) is 0 Å². The van der Waals surface area contributed by atoms with Gasteiger partial charge in [0.25, 0.3) is 10.0 Å². The molecule has 1 fully saturated rings. The number of benzene rings is 2. The van der Waals surface area contributed by atoms with Gasteiger partial charge in [0, 0.05) is 36.2 Å². The quantitative estimate of drug-likeness (QED) is 0.543. The maximum atomic E-state index is 12.4. The van der Waals surface area contributed by atoms with Gasteiger partial charge in [0.05, 0.1) is 18.6 Å². The van der Waals surface area contributed by atoms with Crippen LogP contribution in [0.4, 0.5) is 23.1 Å². The van der Waals surface area contributed by atoms with Crippen molar-refractivity contribution in [3.63, 3.8) is 0 Å². The van der Waals surface area contributed by atoms with Crippen molar-refractivity contribution in [3.05, 3.63) is 76.8 Å². The van der Waals surface area contributed by atoms with E-state index in [0.717, 1.165) is 46.8 Å². The van der Waals surface area contributed by atoms with Gasteiger partial charge in [0.15, 0.2) is 0 Å². The zero-order valence-corrected chi connectivity index (χ0v) is 19.5. The molecule has 3 aromatic rings. The molecule has 2 N–H and O–H groups in total. The molecule has 33 heavy (non-hydrogen) atoms. The lowest BCUT2D eigenvalue weighted by atomic mass is 10.2. The molecule has 0 spiro atoms. The van der Waals surface area contributed by atoms with E-state index >= 15 is 0 Å². The highest BCUT2D eigenvalue weighted by Crippen LogP contribution is 2.21. The topological polar surface area (TPSA) is 96.5 Å². The molecule has 0 amide bonds. The van der Waals surface area contributed by atoms with Gasteiger partial charge in [-0.2, -0.15) is 4.98 Å². The Labute approximate surface area is 194 Å². The monoisotopic (exact) mass is 465 g/mol. The minimum absolute atomic E-state index is 0.466. The van der Waals surface area contributed by atoms with Crippen LogP contribution < -0.4 is 14.9 Å². The molecule has 0 radical (unpaired) electrons. The maximum absolute atomic E-state index is 12.4. The number of ether oxygens (including phenoxy) is 1. The predicted octanol–water partition coefficient (Wildman–Crippen LogP) is 4.09. The second-order valence-corrected chi connectivity index (χ2v) is 9.42. The van der Waals surface area contributed by atoms with Gasteiger partial charge >= 0.3 is 0 Å². The minimum atomic E-state index is -3.63. The van der Waals surface area contributed by atoms with Gasteiger partial charge < -0.3 is 15.0 Å². The van der Waals surface area contributed by atoms with E-state index in [2.05, 4.69) is 24.9 Å². The van der Waals surface area contributed by atoms with Crippen LogP contribution in [0.5, 0.6) is 0 Å². The zero-order valence-electron chi connectivity index (χ0n) is 18.7. The predicted molar refractivity (Wildman–Crippen MR) is 132 cm³/mol. The Morgan fingerprint density at radius 3 is 2.30 bits per heavy atom. The maximum Gasteiger partial charge on any atom is 0.255 e. The van der Waals surface area contributed by atoms with E-state index in [4.69, 9.17) is 4.74 Å². The van der Waals surface area contributed by atoms with Crippen molar-refractivity contribution in [1.82, 2.24) is 9.97 Å². The fourth-order valence-electron chi connectivity index (χ4n) is 3.36. The lowest BCUT2D eigenvalue weighted by molar-refractivity contribution is 0.122. The Balaban J connectivity index is 1.41. The van der Waals surface area contributed by atoms with E-state index in [9.17, 15) is 8.42 Å². The van der Waals surface area contributed by atoms with Crippen molar-refractivity contribution in [2.24, 2.45) is 0 Å². The summed E-state index contributed by atoms with van der Waals surface area (Å²) in [6.45, 7) is 6.87. The molecule has 0 bridgehead atoms.